The van der Waals surface area contributed by atoms with Crippen molar-refractivity contribution in [2.24, 2.45) is 11.8 Å². The van der Waals surface area contributed by atoms with E-state index in [9.17, 15) is 4.79 Å². The topological polar surface area (TPSA) is 20.3 Å². The SMILES string of the molecule is O=C1C[C@H]2C(C3CCSC3)C=CN12. The zero-order chi connectivity index (χ0) is 8.84. The summed E-state index contributed by atoms with van der Waals surface area (Å²) in [5.74, 6) is 4.44. The van der Waals surface area contributed by atoms with Gasteiger partial charge >= 0.3 is 0 Å². The van der Waals surface area contributed by atoms with Gasteiger partial charge in [0, 0.05) is 18.5 Å². The van der Waals surface area contributed by atoms with E-state index in [1.54, 1.807) is 0 Å². The molecule has 3 heteroatoms. The third kappa shape index (κ3) is 1.06. The fraction of sp³-hybridized carbons (Fsp3) is 0.700. The van der Waals surface area contributed by atoms with Gasteiger partial charge in [0.25, 0.3) is 0 Å². The van der Waals surface area contributed by atoms with E-state index in [-0.39, 0.29) is 0 Å². The Labute approximate surface area is 82.4 Å². The summed E-state index contributed by atoms with van der Waals surface area (Å²) in [5.41, 5.74) is 0. The molecule has 0 spiro atoms. The van der Waals surface area contributed by atoms with Gasteiger partial charge in [-0.15, -0.1) is 0 Å². The standard InChI is InChI=1S/C10H13NOS/c12-10-5-9-8(1-3-11(9)10)7-2-4-13-6-7/h1,3,7-9H,2,4-6H2/t7?,8?,9-/m0/s1. The maximum atomic E-state index is 11.1. The van der Waals surface area contributed by atoms with E-state index in [2.05, 4.69) is 17.8 Å². The Hall–Kier alpha value is -0.440. The van der Waals surface area contributed by atoms with Gasteiger partial charge in [0.1, 0.15) is 0 Å². The highest BCUT2D eigenvalue weighted by Crippen LogP contribution is 2.41. The molecular weight excluding hydrogens is 182 g/mol. The molecule has 13 heavy (non-hydrogen) atoms. The molecule has 0 aliphatic carbocycles. The van der Waals surface area contributed by atoms with E-state index in [4.69, 9.17) is 0 Å². The van der Waals surface area contributed by atoms with Gasteiger partial charge < -0.3 is 4.90 Å². The number of hydrogen-bond donors (Lipinski definition) is 0. The highest BCUT2D eigenvalue weighted by Gasteiger charge is 2.45. The summed E-state index contributed by atoms with van der Waals surface area (Å²) in [7, 11) is 0. The summed E-state index contributed by atoms with van der Waals surface area (Å²) < 4.78 is 0. The number of β-lactam (4-membered cyclic amide) rings is 1. The molecule has 3 aliphatic rings. The molecule has 3 heterocycles. The molecule has 3 atom stereocenters. The summed E-state index contributed by atoms with van der Waals surface area (Å²) >= 11 is 2.06. The first-order valence-electron chi connectivity index (χ1n) is 4.93. The minimum Gasteiger partial charge on any atom is -0.315 e. The highest BCUT2D eigenvalue weighted by atomic mass is 32.2. The van der Waals surface area contributed by atoms with Crippen LogP contribution in [0.15, 0.2) is 12.3 Å². The average Bonchev–Trinajstić information content (AvgIpc) is 2.69. The molecule has 70 valence electrons. The molecule has 0 aromatic heterocycles. The molecule has 2 saturated heterocycles. The summed E-state index contributed by atoms with van der Waals surface area (Å²) in [5, 5.41) is 0. The molecule has 0 bridgehead atoms. The Kier molecular flexibility index (Phi) is 1.69. The molecule has 2 nitrogen and oxygen atoms in total. The zero-order valence-corrected chi connectivity index (χ0v) is 8.30. The minimum absolute atomic E-state index is 0.314. The van der Waals surface area contributed by atoms with Crippen LogP contribution in [0.5, 0.6) is 0 Å². The van der Waals surface area contributed by atoms with Crippen LogP contribution in [-0.4, -0.2) is 28.4 Å². The molecule has 2 unspecified atom stereocenters. The van der Waals surface area contributed by atoms with Crippen molar-refractivity contribution in [3.8, 4) is 0 Å². The van der Waals surface area contributed by atoms with Crippen LogP contribution in [0.1, 0.15) is 12.8 Å². The second-order valence-corrected chi connectivity index (χ2v) is 5.26. The Morgan fingerprint density at radius 3 is 3.08 bits per heavy atom. The van der Waals surface area contributed by atoms with Crippen LogP contribution >= 0.6 is 11.8 Å². The summed E-state index contributed by atoms with van der Waals surface area (Å²) in [6.45, 7) is 0. The molecular formula is C10H13NOS. The number of amides is 1. The Morgan fingerprint density at radius 2 is 2.46 bits per heavy atom. The average molecular weight is 195 g/mol. The smallest absolute Gasteiger partial charge is 0.228 e. The van der Waals surface area contributed by atoms with Gasteiger partial charge in [0.15, 0.2) is 0 Å². The number of hydrogen-bond acceptors (Lipinski definition) is 2. The van der Waals surface area contributed by atoms with Crippen molar-refractivity contribution in [3.63, 3.8) is 0 Å². The van der Waals surface area contributed by atoms with E-state index in [1.165, 1.54) is 17.9 Å². The molecule has 1 amide bonds. The van der Waals surface area contributed by atoms with Crippen LogP contribution in [0.3, 0.4) is 0 Å². The van der Waals surface area contributed by atoms with Gasteiger partial charge in [0.05, 0.1) is 6.04 Å². The predicted molar refractivity (Wildman–Crippen MR) is 53.3 cm³/mol. The molecule has 0 radical (unpaired) electrons. The normalized spacial score (nSPS) is 42.3. The number of fused-ring (bicyclic) bond motifs is 1. The van der Waals surface area contributed by atoms with Gasteiger partial charge in [-0.1, -0.05) is 6.08 Å². The first kappa shape index (κ1) is 7.92. The van der Waals surface area contributed by atoms with Crippen molar-refractivity contribution in [1.82, 2.24) is 4.90 Å². The van der Waals surface area contributed by atoms with Crippen LogP contribution < -0.4 is 0 Å². The maximum absolute atomic E-state index is 11.1. The van der Waals surface area contributed by atoms with Gasteiger partial charge in [-0.05, 0) is 23.8 Å². The maximum Gasteiger partial charge on any atom is 0.228 e. The zero-order valence-electron chi connectivity index (χ0n) is 7.48. The minimum atomic E-state index is 0.314. The molecule has 3 aliphatic heterocycles. The van der Waals surface area contributed by atoms with Gasteiger partial charge in [0.2, 0.25) is 5.91 Å². The number of carbonyl (C=O) groups is 1. The van der Waals surface area contributed by atoms with Gasteiger partial charge in [-0.3, -0.25) is 4.79 Å². The molecule has 2 fully saturated rings. The fourth-order valence-electron chi connectivity index (χ4n) is 2.62. The van der Waals surface area contributed by atoms with Crippen molar-refractivity contribution in [1.29, 1.82) is 0 Å². The second kappa shape index (κ2) is 2.77. The van der Waals surface area contributed by atoms with Crippen LogP contribution in [0, 0.1) is 11.8 Å². The highest BCUT2D eigenvalue weighted by molar-refractivity contribution is 7.99. The van der Waals surface area contributed by atoms with Crippen LogP contribution in [0.25, 0.3) is 0 Å². The molecule has 0 aromatic carbocycles. The first-order valence-corrected chi connectivity index (χ1v) is 6.09. The quantitative estimate of drug-likeness (QED) is 0.591. The summed E-state index contributed by atoms with van der Waals surface area (Å²) in [6, 6.07) is 0.538. The van der Waals surface area contributed by atoms with Gasteiger partial charge in [-0.25, -0.2) is 0 Å². The number of rotatable bonds is 1. The summed E-state index contributed by atoms with van der Waals surface area (Å²) in [6.07, 6.45) is 6.40. The fourth-order valence-corrected chi connectivity index (χ4v) is 3.95. The number of carbonyl (C=O) groups excluding carboxylic acids is 1. The van der Waals surface area contributed by atoms with Crippen LogP contribution in [-0.2, 0) is 4.79 Å². The number of thioether (sulfide) groups is 1. The Morgan fingerprint density at radius 1 is 1.54 bits per heavy atom. The Bertz CT molecular complexity index is 270. The van der Waals surface area contributed by atoms with E-state index in [0.717, 1.165) is 12.3 Å². The molecule has 0 saturated carbocycles. The predicted octanol–water partition coefficient (Wildman–Crippen LogP) is 1.48. The summed E-state index contributed by atoms with van der Waals surface area (Å²) in [4.78, 5) is 13.1. The van der Waals surface area contributed by atoms with Crippen molar-refractivity contribution >= 4 is 17.7 Å². The molecule has 0 aromatic rings. The van der Waals surface area contributed by atoms with E-state index in [0.29, 0.717) is 17.9 Å². The third-order valence-corrected chi connectivity index (χ3v) is 4.64. The van der Waals surface area contributed by atoms with E-state index >= 15 is 0 Å². The van der Waals surface area contributed by atoms with Gasteiger partial charge in [-0.2, -0.15) is 11.8 Å². The lowest BCUT2D eigenvalue weighted by atomic mass is 9.82. The lowest BCUT2D eigenvalue weighted by Crippen LogP contribution is -2.50. The monoisotopic (exact) mass is 195 g/mol. The van der Waals surface area contributed by atoms with Crippen molar-refractivity contribution in [3.05, 3.63) is 12.3 Å². The van der Waals surface area contributed by atoms with Crippen molar-refractivity contribution < 1.29 is 4.79 Å². The van der Waals surface area contributed by atoms with E-state index in [1.807, 2.05) is 11.1 Å². The molecule has 3 rings (SSSR count). The Balaban J connectivity index is 1.73. The lowest BCUT2D eigenvalue weighted by molar-refractivity contribution is -0.142. The van der Waals surface area contributed by atoms with Crippen molar-refractivity contribution in [2.75, 3.05) is 11.5 Å². The van der Waals surface area contributed by atoms with E-state index < -0.39 is 0 Å². The molecule has 0 N–H and O–H groups in total. The lowest BCUT2D eigenvalue weighted by Gasteiger charge is -2.38. The second-order valence-electron chi connectivity index (χ2n) is 4.12. The van der Waals surface area contributed by atoms with Crippen LogP contribution in [0.2, 0.25) is 0 Å². The third-order valence-electron chi connectivity index (χ3n) is 3.45. The largest absolute Gasteiger partial charge is 0.315 e. The van der Waals surface area contributed by atoms with Crippen molar-refractivity contribution in [2.45, 2.75) is 18.9 Å². The van der Waals surface area contributed by atoms with Crippen LogP contribution in [0.4, 0.5) is 0 Å². The first-order chi connectivity index (χ1) is 6.36. The number of nitrogens with zero attached hydrogens (tertiary/aromatic N) is 1.